The van der Waals surface area contributed by atoms with Gasteiger partial charge in [-0.25, -0.2) is 0 Å². The fourth-order valence-corrected chi connectivity index (χ4v) is 1.11. The molecule has 0 heterocycles. The molecule has 0 fully saturated rings. The van der Waals surface area contributed by atoms with Gasteiger partial charge in [0.05, 0.1) is 0 Å². The van der Waals surface area contributed by atoms with E-state index >= 15 is 0 Å². The van der Waals surface area contributed by atoms with E-state index in [2.05, 4.69) is 18.9 Å². The van der Waals surface area contributed by atoms with E-state index in [9.17, 15) is 0 Å². The summed E-state index contributed by atoms with van der Waals surface area (Å²) in [4.78, 5) is 1.90. The van der Waals surface area contributed by atoms with Gasteiger partial charge in [0, 0.05) is 13.1 Å². The van der Waals surface area contributed by atoms with Gasteiger partial charge in [0.25, 0.3) is 0 Å². The van der Waals surface area contributed by atoms with Crippen molar-refractivity contribution in [3.63, 3.8) is 0 Å². The number of nitrogens with zero attached hydrogens (tertiary/aromatic N) is 2. The van der Waals surface area contributed by atoms with Gasteiger partial charge in [-0.3, -0.25) is 0 Å². The number of hydrogen-bond donors (Lipinski definition) is 2. The molecule has 0 aromatic rings. The summed E-state index contributed by atoms with van der Waals surface area (Å²) < 4.78 is 0. The minimum atomic E-state index is 0.402. The van der Waals surface area contributed by atoms with Crippen LogP contribution in [0.1, 0.15) is 26.7 Å². The third-order valence-corrected chi connectivity index (χ3v) is 1.98. The largest absolute Gasteiger partial charge is 0.368 e. The van der Waals surface area contributed by atoms with Crippen molar-refractivity contribution in [3.05, 3.63) is 0 Å². The molecular formula is C7H18N4. The van der Waals surface area contributed by atoms with Crippen molar-refractivity contribution >= 4 is 5.96 Å². The average molecular weight is 158 g/mol. The molecule has 0 aliphatic carbocycles. The summed E-state index contributed by atoms with van der Waals surface area (Å²) in [5.41, 5.74) is 5.52. The normalized spacial score (nSPS) is 12.2. The SMILES string of the molecule is CCC(CC)N(C)C(N)=NN. The first kappa shape index (κ1) is 10.1. The van der Waals surface area contributed by atoms with Gasteiger partial charge in [-0.05, 0) is 12.8 Å². The van der Waals surface area contributed by atoms with Gasteiger partial charge in [-0.1, -0.05) is 13.8 Å². The molecule has 0 rings (SSSR count). The van der Waals surface area contributed by atoms with E-state index in [-0.39, 0.29) is 0 Å². The molecule has 0 aromatic carbocycles. The lowest BCUT2D eigenvalue weighted by Crippen LogP contribution is -2.41. The number of hydrazone groups is 1. The summed E-state index contributed by atoms with van der Waals surface area (Å²) in [5, 5.41) is 3.43. The predicted octanol–water partition coefficient (Wildman–Crippen LogP) is 0.295. The van der Waals surface area contributed by atoms with Crippen molar-refractivity contribution in [2.75, 3.05) is 7.05 Å². The van der Waals surface area contributed by atoms with Crippen LogP contribution in [0.15, 0.2) is 5.10 Å². The maximum Gasteiger partial charge on any atom is 0.213 e. The molecule has 66 valence electrons. The second kappa shape index (κ2) is 4.82. The van der Waals surface area contributed by atoms with Crippen molar-refractivity contribution < 1.29 is 0 Å². The summed E-state index contributed by atoms with van der Waals surface area (Å²) in [6.45, 7) is 4.24. The molecule has 0 unspecified atom stereocenters. The van der Waals surface area contributed by atoms with Gasteiger partial charge in [0.1, 0.15) is 0 Å². The molecule has 4 N–H and O–H groups in total. The highest BCUT2D eigenvalue weighted by Gasteiger charge is 2.11. The summed E-state index contributed by atoms with van der Waals surface area (Å²) in [7, 11) is 1.91. The minimum Gasteiger partial charge on any atom is -0.368 e. The van der Waals surface area contributed by atoms with Crippen LogP contribution < -0.4 is 11.6 Å². The zero-order valence-electron chi connectivity index (χ0n) is 7.54. The number of guanidine groups is 1. The number of rotatable bonds is 3. The Morgan fingerprint density at radius 1 is 1.45 bits per heavy atom. The van der Waals surface area contributed by atoms with Crippen molar-refractivity contribution in [2.45, 2.75) is 32.7 Å². The van der Waals surface area contributed by atoms with Gasteiger partial charge in [0.15, 0.2) is 0 Å². The maximum absolute atomic E-state index is 5.52. The molecule has 11 heavy (non-hydrogen) atoms. The van der Waals surface area contributed by atoms with Crippen LogP contribution in [0.3, 0.4) is 0 Å². The van der Waals surface area contributed by atoms with Gasteiger partial charge in [-0.15, -0.1) is 5.10 Å². The van der Waals surface area contributed by atoms with Crippen LogP contribution in [0, 0.1) is 0 Å². The quantitative estimate of drug-likeness (QED) is 0.268. The summed E-state index contributed by atoms with van der Waals surface area (Å²) in [5.74, 6) is 5.44. The van der Waals surface area contributed by atoms with Gasteiger partial charge >= 0.3 is 0 Å². The predicted molar refractivity (Wildman–Crippen MR) is 47.9 cm³/mol. The smallest absolute Gasteiger partial charge is 0.213 e. The Hall–Kier alpha value is -0.930. The van der Waals surface area contributed by atoms with Crippen molar-refractivity contribution in [1.29, 1.82) is 0 Å². The van der Waals surface area contributed by atoms with Gasteiger partial charge < -0.3 is 16.5 Å². The lowest BCUT2D eigenvalue weighted by atomic mass is 10.1. The van der Waals surface area contributed by atoms with E-state index in [0.717, 1.165) is 12.8 Å². The lowest BCUT2D eigenvalue weighted by Gasteiger charge is -2.26. The Labute approximate surface area is 68.2 Å². The molecule has 0 spiro atoms. The summed E-state index contributed by atoms with van der Waals surface area (Å²) in [6, 6.07) is 0.447. The summed E-state index contributed by atoms with van der Waals surface area (Å²) >= 11 is 0. The Balaban J connectivity index is 4.08. The fraction of sp³-hybridized carbons (Fsp3) is 0.857. The molecule has 0 aromatic heterocycles. The molecule has 0 aliphatic heterocycles. The minimum absolute atomic E-state index is 0.402. The van der Waals surface area contributed by atoms with Crippen molar-refractivity contribution in [3.8, 4) is 0 Å². The Morgan fingerprint density at radius 3 is 2.18 bits per heavy atom. The van der Waals surface area contributed by atoms with Crippen LogP contribution in [-0.2, 0) is 0 Å². The van der Waals surface area contributed by atoms with E-state index in [0.29, 0.717) is 12.0 Å². The number of hydrogen-bond acceptors (Lipinski definition) is 2. The highest BCUT2D eigenvalue weighted by atomic mass is 15.3. The standard InChI is InChI=1S/C7H18N4/c1-4-6(5-2)11(3)7(8)10-9/h6H,4-5,9H2,1-3H3,(H2,8,10). The lowest BCUT2D eigenvalue weighted by molar-refractivity contribution is 0.341. The molecule has 0 saturated carbocycles. The molecule has 0 atom stereocenters. The van der Waals surface area contributed by atoms with E-state index in [4.69, 9.17) is 11.6 Å². The van der Waals surface area contributed by atoms with E-state index in [1.54, 1.807) is 0 Å². The number of nitrogens with two attached hydrogens (primary N) is 2. The zero-order valence-corrected chi connectivity index (χ0v) is 7.54. The third-order valence-electron chi connectivity index (χ3n) is 1.98. The highest BCUT2D eigenvalue weighted by Crippen LogP contribution is 2.04. The van der Waals surface area contributed by atoms with Gasteiger partial charge in [-0.2, -0.15) is 0 Å². The molecule has 0 amide bonds. The monoisotopic (exact) mass is 158 g/mol. The Bertz CT molecular complexity index is 128. The van der Waals surface area contributed by atoms with Crippen LogP contribution in [0.4, 0.5) is 0 Å². The van der Waals surface area contributed by atoms with Crippen LogP contribution in [0.5, 0.6) is 0 Å². The van der Waals surface area contributed by atoms with Crippen LogP contribution in [0.2, 0.25) is 0 Å². The average Bonchev–Trinajstić information content (AvgIpc) is 2.05. The van der Waals surface area contributed by atoms with E-state index < -0.39 is 0 Å². The first-order valence-corrected chi connectivity index (χ1v) is 3.93. The van der Waals surface area contributed by atoms with Crippen LogP contribution >= 0.6 is 0 Å². The van der Waals surface area contributed by atoms with Crippen molar-refractivity contribution in [1.82, 2.24) is 4.90 Å². The molecular weight excluding hydrogens is 140 g/mol. The van der Waals surface area contributed by atoms with E-state index in [1.165, 1.54) is 0 Å². The molecule has 4 heteroatoms. The zero-order chi connectivity index (χ0) is 8.85. The van der Waals surface area contributed by atoms with E-state index in [1.807, 2.05) is 11.9 Å². The highest BCUT2D eigenvalue weighted by molar-refractivity contribution is 5.77. The van der Waals surface area contributed by atoms with Crippen LogP contribution in [0.25, 0.3) is 0 Å². The Kier molecular flexibility index (Phi) is 4.41. The molecule has 0 aliphatic rings. The Morgan fingerprint density at radius 2 is 1.91 bits per heavy atom. The third kappa shape index (κ3) is 2.65. The fourth-order valence-electron chi connectivity index (χ4n) is 1.11. The first-order valence-electron chi connectivity index (χ1n) is 3.93. The van der Waals surface area contributed by atoms with Crippen molar-refractivity contribution in [2.24, 2.45) is 16.7 Å². The van der Waals surface area contributed by atoms with Crippen LogP contribution in [-0.4, -0.2) is 23.9 Å². The molecule has 0 bridgehead atoms. The summed E-state index contributed by atoms with van der Waals surface area (Å²) in [6.07, 6.45) is 2.12. The second-order valence-electron chi connectivity index (χ2n) is 2.57. The molecule has 0 radical (unpaired) electrons. The molecule has 4 nitrogen and oxygen atoms in total. The first-order chi connectivity index (χ1) is 5.17. The second-order valence-corrected chi connectivity index (χ2v) is 2.57. The molecule has 0 saturated heterocycles. The maximum atomic E-state index is 5.52. The topological polar surface area (TPSA) is 67.6 Å². The van der Waals surface area contributed by atoms with Gasteiger partial charge in [0.2, 0.25) is 5.96 Å².